The molecule has 1 fully saturated rings. The SMILES string of the molecule is O=C(OCN1C(=O)c2ccccc2C1=O)[C@@H]1CC(=O)N(c2ccc(Br)cc2)C1. The van der Waals surface area contributed by atoms with E-state index in [-0.39, 0.29) is 18.9 Å². The number of benzene rings is 2. The monoisotopic (exact) mass is 442 g/mol. The van der Waals surface area contributed by atoms with Crippen molar-refractivity contribution in [2.45, 2.75) is 6.42 Å². The molecule has 7 nitrogen and oxygen atoms in total. The summed E-state index contributed by atoms with van der Waals surface area (Å²) in [5.74, 6) is -2.42. The number of amides is 3. The van der Waals surface area contributed by atoms with Crippen LogP contribution in [-0.4, -0.2) is 41.9 Å². The smallest absolute Gasteiger partial charge is 0.313 e. The molecule has 0 unspecified atom stereocenters. The molecule has 2 aromatic carbocycles. The van der Waals surface area contributed by atoms with Crippen molar-refractivity contribution in [3.05, 3.63) is 64.1 Å². The van der Waals surface area contributed by atoms with Gasteiger partial charge in [-0.2, -0.15) is 0 Å². The minimum absolute atomic E-state index is 0.0248. The van der Waals surface area contributed by atoms with Gasteiger partial charge in [-0.05, 0) is 36.4 Å². The number of anilines is 1. The summed E-state index contributed by atoms with van der Waals surface area (Å²) < 4.78 is 6.08. The second kappa shape index (κ2) is 7.20. The van der Waals surface area contributed by atoms with Crippen molar-refractivity contribution in [1.82, 2.24) is 4.90 Å². The fraction of sp³-hybridized carbons (Fsp3) is 0.200. The van der Waals surface area contributed by atoms with E-state index in [1.165, 1.54) is 4.90 Å². The lowest BCUT2D eigenvalue weighted by molar-refractivity contribution is -0.151. The predicted octanol–water partition coefficient (Wildman–Crippen LogP) is 2.60. The number of esters is 1. The molecule has 0 aromatic heterocycles. The Bertz CT molecular complexity index is 953. The maximum absolute atomic E-state index is 12.4. The van der Waals surface area contributed by atoms with E-state index in [0.29, 0.717) is 16.8 Å². The zero-order valence-corrected chi connectivity index (χ0v) is 16.2. The number of fused-ring (bicyclic) bond motifs is 1. The predicted molar refractivity (Wildman–Crippen MR) is 103 cm³/mol. The third-order valence-corrected chi connectivity index (χ3v) is 5.34. The van der Waals surface area contributed by atoms with Crippen molar-refractivity contribution in [3.63, 3.8) is 0 Å². The van der Waals surface area contributed by atoms with Crippen molar-refractivity contribution in [2.75, 3.05) is 18.2 Å². The lowest BCUT2D eigenvalue weighted by Crippen LogP contribution is -2.35. The van der Waals surface area contributed by atoms with Crippen LogP contribution < -0.4 is 4.90 Å². The highest BCUT2D eigenvalue weighted by atomic mass is 79.9. The Morgan fingerprint density at radius 2 is 1.61 bits per heavy atom. The van der Waals surface area contributed by atoms with Crippen LogP contribution in [0.15, 0.2) is 53.0 Å². The number of halogens is 1. The molecular formula is C20H15BrN2O5. The fourth-order valence-corrected chi connectivity index (χ4v) is 3.60. The van der Waals surface area contributed by atoms with Gasteiger partial charge in [-0.25, -0.2) is 4.90 Å². The second-order valence-electron chi connectivity index (χ2n) is 6.56. The van der Waals surface area contributed by atoms with Gasteiger partial charge >= 0.3 is 5.97 Å². The highest BCUT2D eigenvalue weighted by Crippen LogP contribution is 2.28. The minimum atomic E-state index is -0.647. The number of imide groups is 1. The lowest BCUT2D eigenvalue weighted by atomic mass is 10.1. The Balaban J connectivity index is 1.39. The van der Waals surface area contributed by atoms with E-state index in [4.69, 9.17) is 4.74 Å². The first kappa shape index (κ1) is 18.4. The Hall–Kier alpha value is -3.00. The molecule has 2 heterocycles. The van der Waals surface area contributed by atoms with E-state index in [9.17, 15) is 19.2 Å². The second-order valence-corrected chi connectivity index (χ2v) is 7.47. The van der Waals surface area contributed by atoms with Crippen LogP contribution in [0.5, 0.6) is 0 Å². The number of ether oxygens (including phenoxy) is 1. The topological polar surface area (TPSA) is 84.0 Å². The molecule has 8 heteroatoms. The first-order valence-corrected chi connectivity index (χ1v) is 9.43. The van der Waals surface area contributed by atoms with Crippen LogP contribution in [0.2, 0.25) is 0 Å². The third-order valence-electron chi connectivity index (χ3n) is 4.81. The van der Waals surface area contributed by atoms with Crippen LogP contribution in [0.4, 0.5) is 5.69 Å². The molecule has 0 N–H and O–H groups in total. The third kappa shape index (κ3) is 3.20. The van der Waals surface area contributed by atoms with Crippen LogP contribution in [-0.2, 0) is 14.3 Å². The van der Waals surface area contributed by atoms with Gasteiger partial charge in [0.2, 0.25) is 5.91 Å². The number of rotatable bonds is 4. The molecule has 0 bridgehead atoms. The quantitative estimate of drug-likeness (QED) is 0.536. The average molecular weight is 443 g/mol. The number of hydrogen-bond donors (Lipinski definition) is 0. The largest absolute Gasteiger partial charge is 0.443 e. The van der Waals surface area contributed by atoms with Crippen LogP contribution in [0, 0.1) is 5.92 Å². The molecule has 1 saturated heterocycles. The van der Waals surface area contributed by atoms with Crippen molar-refractivity contribution < 1.29 is 23.9 Å². The first-order valence-electron chi connectivity index (χ1n) is 8.63. The summed E-state index contributed by atoms with van der Waals surface area (Å²) in [6.07, 6.45) is 0.0248. The van der Waals surface area contributed by atoms with Gasteiger partial charge in [0, 0.05) is 23.1 Å². The van der Waals surface area contributed by atoms with Crippen LogP contribution >= 0.6 is 15.9 Å². The number of hydrogen-bond acceptors (Lipinski definition) is 5. The maximum atomic E-state index is 12.4. The summed E-state index contributed by atoms with van der Waals surface area (Å²) >= 11 is 3.34. The zero-order chi connectivity index (χ0) is 19.8. The molecule has 2 aliphatic rings. The normalized spacial score (nSPS) is 18.6. The molecule has 2 aromatic rings. The summed E-state index contributed by atoms with van der Waals surface area (Å²) in [5.41, 5.74) is 1.28. The van der Waals surface area contributed by atoms with E-state index < -0.39 is 30.4 Å². The van der Waals surface area contributed by atoms with Gasteiger partial charge in [0.15, 0.2) is 6.73 Å². The number of nitrogens with zero attached hydrogens (tertiary/aromatic N) is 2. The maximum Gasteiger partial charge on any atom is 0.313 e. The fourth-order valence-electron chi connectivity index (χ4n) is 3.34. The lowest BCUT2D eigenvalue weighted by Gasteiger charge is -2.18. The van der Waals surface area contributed by atoms with Gasteiger partial charge in [0.1, 0.15) is 0 Å². The molecule has 1 atom stereocenters. The Labute approximate surface area is 169 Å². The molecule has 4 rings (SSSR count). The molecule has 2 aliphatic heterocycles. The molecular weight excluding hydrogens is 428 g/mol. The van der Waals surface area contributed by atoms with Crippen molar-refractivity contribution >= 4 is 45.3 Å². The molecule has 0 spiro atoms. The average Bonchev–Trinajstić information content (AvgIpc) is 3.20. The van der Waals surface area contributed by atoms with E-state index >= 15 is 0 Å². The van der Waals surface area contributed by atoms with Crippen LogP contribution in [0.1, 0.15) is 27.1 Å². The molecule has 3 amide bonds. The summed E-state index contributed by atoms with van der Waals surface area (Å²) in [4.78, 5) is 51.7. The molecule has 0 aliphatic carbocycles. The molecule has 28 heavy (non-hydrogen) atoms. The standard InChI is InChI=1S/C20H15BrN2O5/c21-13-5-7-14(8-6-13)22-10-12(9-17(22)24)20(27)28-11-23-18(25)15-3-1-2-4-16(15)19(23)26/h1-8,12H,9-11H2/t12-/m1/s1. The highest BCUT2D eigenvalue weighted by molar-refractivity contribution is 9.10. The molecule has 142 valence electrons. The van der Waals surface area contributed by atoms with Gasteiger partial charge < -0.3 is 9.64 Å². The molecule has 0 radical (unpaired) electrons. The van der Waals surface area contributed by atoms with Crippen molar-refractivity contribution in [2.24, 2.45) is 5.92 Å². The van der Waals surface area contributed by atoms with Crippen molar-refractivity contribution in [1.29, 1.82) is 0 Å². The summed E-state index contributed by atoms with van der Waals surface area (Å²) in [6, 6.07) is 13.7. The van der Waals surface area contributed by atoms with E-state index in [2.05, 4.69) is 15.9 Å². The number of carbonyl (C=O) groups is 4. The summed E-state index contributed by atoms with van der Waals surface area (Å²) in [7, 11) is 0. The number of carbonyl (C=O) groups excluding carboxylic acids is 4. The van der Waals surface area contributed by atoms with E-state index in [1.54, 1.807) is 36.4 Å². The minimum Gasteiger partial charge on any atom is -0.443 e. The Morgan fingerprint density at radius 1 is 1.00 bits per heavy atom. The summed E-state index contributed by atoms with van der Waals surface area (Å²) in [5, 5.41) is 0. The van der Waals surface area contributed by atoms with Gasteiger partial charge in [-0.3, -0.25) is 19.2 Å². The van der Waals surface area contributed by atoms with E-state index in [1.807, 2.05) is 12.1 Å². The highest BCUT2D eigenvalue weighted by Gasteiger charge is 2.39. The van der Waals surface area contributed by atoms with Crippen LogP contribution in [0.3, 0.4) is 0 Å². The van der Waals surface area contributed by atoms with Gasteiger partial charge in [-0.1, -0.05) is 28.1 Å². The summed E-state index contributed by atoms with van der Waals surface area (Å²) in [6.45, 7) is -0.268. The van der Waals surface area contributed by atoms with Gasteiger partial charge in [0.05, 0.1) is 17.0 Å². The van der Waals surface area contributed by atoms with Crippen LogP contribution in [0.25, 0.3) is 0 Å². The Kier molecular flexibility index (Phi) is 4.72. The van der Waals surface area contributed by atoms with Gasteiger partial charge in [-0.15, -0.1) is 0 Å². The molecule has 0 saturated carbocycles. The van der Waals surface area contributed by atoms with E-state index in [0.717, 1.165) is 9.37 Å². The first-order chi connectivity index (χ1) is 13.5. The van der Waals surface area contributed by atoms with Gasteiger partial charge in [0.25, 0.3) is 11.8 Å². The van der Waals surface area contributed by atoms with Crippen molar-refractivity contribution in [3.8, 4) is 0 Å². The Morgan fingerprint density at radius 3 is 2.21 bits per heavy atom. The zero-order valence-electron chi connectivity index (χ0n) is 14.6.